The Morgan fingerprint density at radius 2 is 1.40 bits per heavy atom. The number of primary amides is 1. The highest BCUT2D eigenvalue weighted by molar-refractivity contribution is 5.99. The molecule has 362 valence electrons. The summed E-state index contributed by atoms with van der Waals surface area (Å²) in [6.07, 6.45) is 4.95. The Hall–Kier alpha value is -7.04. The van der Waals surface area contributed by atoms with Gasteiger partial charge in [0.1, 0.15) is 35.7 Å². The minimum atomic E-state index is -1.56. The van der Waals surface area contributed by atoms with Crippen LogP contribution in [0, 0.1) is 0 Å². The van der Waals surface area contributed by atoms with E-state index >= 15 is 0 Å². The van der Waals surface area contributed by atoms with Crippen molar-refractivity contribution in [1.82, 2.24) is 42.2 Å². The Morgan fingerprint density at radius 3 is 2.10 bits per heavy atom. The summed E-state index contributed by atoms with van der Waals surface area (Å²) >= 11 is 0. The second-order valence-corrected chi connectivity index (χ2v) is 18.1. The first-order valence-electron chi connectivity index (χ1n) is 23.8. The standard InChI is InChI=1S/C51H65N9O8/c1-3-4-22-43(61)56-42-30-44(62)53-27-14-13-21-39(45(52)63)57-48(66)41(29-36-31-54-38-20-12-11-19-37(36)38)58-46(64)32(2)55-47(65)40(28-33-15-7-5-8-16-33)59-50(68)51(60-49(42)67)25-23-35(24-26-51)34-17-9-6-10-18-34/h5-12,15-20,31-32,35,39-42,54H,3-4,13-14,21-30H2,1-2H3,(H2,52,63)(H,53,62)(H,55,65)(H,56,61)(H,57,66)(H,58,64)(H,59,68)(H,60,67). The zero-order chi connectivity index (χ0) is 48.6. The molecule has 1 spiro atoms. The summed E-state index contributed by atoms with van der Waals surface area (Å²) in [5.74, 6) is -5.13. The highest BCUT2D eigenvalue weighted by Crippen LogP contribution is 2.38. The number of nitrogens with two attached hydrogens (primary N) is 1. The molecule has 68 heavy (non-hydrogen) atoms. The summed E-state index contributed by atoms with van der Waals surface area (Å²) in [5.41, 5.74) is 7.52. The first-order valence-corrected chi connectivity index (χ1v) is 23.8. The third-order valence-corrected chi connectivity index (χ3v) is 13.0. The maximum absolute atomic E-state index is 15.0. The Kier molecular flexibility index (Phi) is 17.9. The first kappa shape index (κ1) is 50.4. The van der Waals surface area contributed by atoms with Gasteiger partial charge in [-0.05, 0) is 87.0 Å². The average Bonchev–Trinajstić information content (AvgIpc) is 3.74. The number of aromatic amines is 1. The second kappa shape index (κ2) is 24.1. The van der Waals surface area contributed by atoms with Crippen molar-refractivity contribution in [2.24, 2.45) is 5.73 Å². The lowest BCUT2D eigenvalue weighted by atomic mass is 9.73. The van der Waals surface area contributed by atoms with Crippen molar-refractivity contribution in [2.75, 3.05) is 6.54 Å². The van der Waals surface area contributed by atoms with Gasteiger partial charge in [-0.3, -0.25) is 38.4 Å². The third-order valence-electron chi connectivity index (χ3n) is 13.0. The number of unbranched alkanes of at least 4 members (excludes halogenated alkanes) is 1. The number of amides is 8. The summed E-state index contributed by atoms with van der Waals surface area (Å²) < 4.78 is 0. The molecule has 0 bridgehead atoms. The zero-order valence-corrected chi connectivity index (χ0v) is 38.9. The molecule has 1 aliphatic heterocycles. The minimum absolute atomic E-state index is 0.0137. The van der Waals surface area contributed by atoms with Gasteiger partial charge in [0.05, 0.1) is 6.42 Å². The predicted molar refractivity (Wildman–Crippen MR) is 256 cm³/mol. The molecule has 3 aromatic carbocycles. The van der Waals surface area contributed by atoms with E-state index in [2.05, 4.69) is 42.2 Å². The number of carbonyl (C=O) groups excluding carboxylic acids is 8. The second-order valence-electron chi connectivity index (χ2n) is 18.1. The van der Waals surface area contributed by atoms with E-state index < -0.39 is 89.4 Å². The van der Waals surface area contributed by atoms with Crippen molar-refractivity contribution >= 4 is 58.2 Å². The van der Waals surface area contributed by atoms with Crippen molar-refractivity contribution in [3.05, 3.63) is 108 Å². The van der Waals surface area contributed by atoms with Crippen molar-refractivity contribution in [3.8, 4) is 0 Å². The van der Waals surface area contributed by atoms with E-state index in [0.717, 1.165) is 22.9 Å². The van der Waals surface area contributed by atoms with Crippen LogP contribution in [0.4, 0.5) is 0 Å². The van der Waals surface area contributed by atoms with Gasteiger partial charge in [-0.2, -0.15) is 0 Å². The van der Waals surface area contributed by atoms with Gasteiger partial charge < -0.3 is 47.9 Å². The van der Waals surface area contributed by atoms with Crippen molar-refractivity contribution in [1.29, 1.82) is 0 Å². The molecule has 1 saturated carbocycles. The lowest BCUT2D eigenvalue weighted by Crippen LogP contribution is -2.66. The molecule has 1 aliphatic carbocycles. The zero-order valence-electron chi connectivity index (χ0n) is 38.9. The fourth-order valence-corrected chi connectivity index (χ4v) is 8.99. The number of H-pyrrole nitrogens is 1. The SMILES string of the molecule is CCCCC(=O)NC1CC(=O)NCCCCC(C(N)=O)NC(=O)C(Cc2c[nH]c3ccccc23)NC(=O)C(C)NC(=O)C(Cc2ccccc2)NC(=O)C2(CCC(c3ccccc3)CC2)NC1=O. The van der Waals surface area contributed by atoms with Crippen LogP contribution in [0.1, 0.15) is 107 Å². The van der Waals surface area contributed by atoms with Crippen LogP contribution in [0.5, 0.6) is 0 Å². The van der Waals surface area contributed by atoms with E-state index in [1.807, 2.05) is 67.6 Å². The van der Waals surface area contributed by atoms with Crippen LogP contribution >= 0.6 is 0 Å². The lowest BCUT2D eigenvalue weighted by molar-refractivity contribution is -0.140. The quantitative estimate of drug-likeness (QED) is 0.114. The molecule has 2 heterocycles. The van der Waals surface area contributed by atoms with Crippen LogP contribution in [0.2, 0.25) is 0 Å². The van der Waals surface area contributed by atoms with Crippen LogP contribution in [-0.2, 0) is 51.2 Å². The molecule has 1 saturated heterocycles. The number of hydrogen-bond acceptors (Lipinski definition) is 8. The average molecular weight is 932 g/mol. The summed E-state index contributed by atoms with van der Waals surface area (Å²) in [4.78, 5) is 114. The fraction of sp³-hybridized carbons (Fsp3) is 0.451. The molecule has 1 aromatic heterocycles. The topological polar surface area (TPSA) is 263 Å². The van der Waals surface area contributed by atoms with Gasteiger partial charge in [0, 0.05) is 42.9 Å². The summed E-state index contributed by atoms with van der Waals surface area (Å²) in [6, 6.07) is 20.2. The molecule has 2 aliphatic rings. The molecule has 5 atom stereocenters. The number of nitrogens with one attached hydrogen (secondary N) is 8. The molecule has 4 aromatic rings. The maximum atomic E-state index is 15.0. The highest BCUT2D eigenvalue weighted by atomic mass is 16.2. The molecule has 10 N–H and O–H groups in total. The fourth-order valence-electron chi connectivity index (χ4n) is 8.99. The van der Waals surface area contributed by atoms with Crippen LogP contribution in [0.3, 0.4) is 0 Å². The molecule has 17 nitrogen and oxygen atoms in total. The number of aromatic nitrogens is 1. The van der Waals surface area contributed by atoms with E-state index in [1.54, 1.807) is 30.5 Å². The number of fused-ring (bicyclic) bond motifs is 1. The molecule has 17 heteroatoms. The van der Waals surface area contributed by atoms with Gasteiger partial charge in [0.15, 0.2) is 0 Å². The Balaban J connectivity index is 1.33. The van der Waals surface area contributed by atoms with Gasteiger partial charge in [0.25, 0.3) is 0 Å². The van der Waals surface area contributed by atoms with E-state index in [1.165, 1.54) is 6.92 Å². The van der Waals surface area contributed by atoms with E-state index in [4.69, 9.17) is 5.73 Å². The number of benzene rings is 3. The normalized spacial score (nSPS) is 25.2. The predicted octanol–water partition coefficient (Wildman–Crippen LogP) is 2.98. The van der Waals surface area contributed by atoms with E-state index in [-0.39, 0.29) is 51.0 Å². The number of hydrogen-bond donors (Lipinski definition) is 9. The molecular formula is C51H65N9O8. The third kappa shape index (κ3) is 13.8. The minimum Gasteiger partial charge on any atom is -0.368 e. The van der Waals surface area contributed by atoms with Gasteiger partial charge in [-0.15, -0.1) is 0 Å². The van der Waals surface area contributed by atoms with E-state index in [0.29, 0.717) is 43.2 Å². The summed E-state index contributed by atoms with van der Waals surface area (Å²) in [6.45, 7) is 3.53. The largest absolute Gasteiger partial charge is 0.368 e. The van der Waals surface area contributed by atoms with Crippen LogP contribution in [0.15, 0.2) is 91.1 Å². The molecule has 6 rings (SSSR count). The molecule has 8 amide bonds. The van der Waals surface area contributed by atoms with Crippen LogP contribution in [0.25, 0.3) is 10.9 Å². The molecule has 0 radical (unpaired) electrons. The van der Waals surface area contributed by atoms with Crippen molar-refractivity contribution in [3.63, 3.8) is 0 Å². The highest BCUT2D eigenvalue weighted by Gasteiger charge is 2.46. The van der Waals surface area contributed by atoms with Crippen LogP contribution in [-0.4, -0.2) is 94.5 Å². The van der Waals surface area contributed by atoms with E-state index in [9.17, 15) is 38.4 Å². The van der Waals surface area contributed by atoms with Gasteiger partial charge in [0.2, 0.25) is 47.3 Å². The first-order chi connectivity index (χ1) is 32.7. The number of carbonyl (C=O) groups is 8. The summed E-state index contributed by atoms with van der Waals surface area (Å²) in [7, 11) is 0. The lowest BCUT2D eigenvalue weighted by Gasteiger charge is -2.41. The maximum Gasteiger partial charge on any atom is 0.246 e. The molecular weight excluding hydrogens is 867 g/mol. The van der Waals surface area contributed by atoms with Crippen LogP contribution < -0.4 is 43.0 Å². The Labute approximate surface area is 396 Å². The monoisotopic (exact) mass is 931 g/mol. The van der Waals surface area contributed by atoms with Gasteiger partial charge in [-0.1, -0.05) is 92.2 Å². The Bertz CT molecular complexity index is 2400. The molecule has 2 fully saturated rings. The number of rotatable bonds is 10. The number of para-hydroxylation sites is 1. The molecule has 5 unspecified atom stereocenters. The van der Waals surface area contributed by atoms with Gasteiger partial charge >= 0.3 is 0 Å². The van der Waals surface area contributed by atoms with Crippen molar-refractivity contribution in [2.45, 2.75) is 139 Å². The van der Waals surface area contributed by atoms with Crippen molar-refractivity contribution < 1.29 is 38.4 Å². The van der Waals surface area contributed by atoms with Gasteiger partial charge in [-0.25, -0.2) is 0 Å². The smallest absolute Gasteiger partial charge is 0.246 e. The summed E-state index contributed by atoms with van der Waals surface area (Å²) in [5, 5.41) is 20.5. The Morgan fingerprint density at radius 1 is 0.735 bits per heavy atom.